The molecule has 0 N–H and O–H groups in total. The third-order valence-corrected chi connectivity index (χ3v) is 6.71. The SMILES string of the molecule is CCC(C)S(=O)CCS(=O)(=O)c1cccc(C#N)c1. The summed E-state index contributed by atoms with van der Waals surface area (Å²) in [5, 5.41) is 8.76. The van der Waals surface area contributed by atoms with Crippen LogP contribution in [0, 0.1) is 11.3 Å². The molecule has 0 aromatic heterocycles. The highest BCUT2D eigenvalue weighted by atomic mass is 32.2. The topological polar surface area (TPSA) is 75.0 Å². The highest BCUT2D eigenvalue weighted by Gasteiger charge is 2.18. The van der Waals surface area contributed by atoms with Crippen LogP contribution in [0.5, 0.6) is 0 Å². The first-order chi connectivity index (χ1) is 8.90. The summed E-state index contributed by atoms with van der Waals surface area (Å²) < 4.78 is 35.9. The molecule has 6 heteroatoms. The fourth-order valence-electron chi connectivity index (χ4n) is 1.46. The molecule has 0 amide bonds. The summed E-state index contributed by atoms with van der Waals surface area (Å²) in [7, 11) is -4.61. The molecule has 104 valence electrons. The molecular weight excluding hydrogens is 282 g/mol. The Labute approximate surface area is 116 Å². The lowest BCUT2D eigenvalue weighted by atomic mass is 10.2. The number of nitriles is 1. The fourth-order valence-corrected chi connectivity index (χ4v) is 4.59. The molecular formula is C13H17NO3S2. The average molecular weight is 299 g/mol. The molecule has 0 aliphatic carbocycles. The van der Waals surface area contributed by atoms with E-state index < -0.39 is 20.6 Å². The smallest absolute Gasteiger partial charge is 0.179 e. The fraction of sp³-hybridized carbons (Fsp3) is 0.462. The lowest BCUT2D eigenvalue weighted by molar-refractivity contribution is 0.596. The minimum atomic E-state index is -3.47. The number of hydrogen-bond donors (Lipinski definition) is 0. The summed E-state index contributed by atoms with van der Waals surface area (Å²) in [6.07, 6.45) is 0.760. The van der Waals surface area contributed by atoms with Gasteiger partial charge in [0.15, 0.2) is 9.84 Å². The van der Waals surface area contributed by atoms with Gasteiger partial charge in [0, 0.05) is 21.8 Å². The third kappa shape index (κ3) is 4.44. The maximum atomic E-state index is 12.1. The summed E-state index contributed by atoms with van der Waals surface area (Å²) in [5.41, 5.74) is 0.309. The number of sulfone groups is 1. The van der Waals surface area contributed by atoms with Gasteiger partial charge in [-0.2, -0.15) is 5.26 Å². The molecule has 0 aliphatic rings. The number of nitrogens with zero attached hydrogens (tertiary/aromatic N) is 1. The monoisotopic (exact) mass is 299 g/mol. The minimum absolute atomic E-state index is 0.000595. The van der Waals surface area contributed by atoms with E-state index in [1.807, 2.05) is 19.9 Å². The molecule has 0 spiro atoms. The van der Waals surface area contributed by atoms with Crippen molar-refractivity contribution in [2.45, 2.75) is 30.4 Å². The van der Waals surface area contributed by atoms with Crippen LogP contribution in [0.4, 0.5) is 0 Å². The van der Waals surface area contributed by atoms with Crippen molar-refractivity contribution in [3.8, 4) is 6.07 Å². The van der Waals surface area contributed by atoms with Gasteiger partial charge in [-0.3, -0.25) is 4.21 Å². The maximum absolute atomic E-state index is 12.1. The van der Waals surface area contributed by atoms with Crippen molar-refractivity contribution in [1.29, 1.82) is 5.26 Å². The standard InChI is InChI=1S/C13H17NO3S2/c1-3-11(2)18(15)7-8-19(16,17)13-6-4-5-12(9-13)10-14/h4-6,9,11H,3,7-8H2,1-2H3. The molecule has 0 radical (unpaired) electrons. The normalized spacial score (nSPS) is 14.6. The molecule has 0 saturated carbocycles. The second-order valence-electron chi connectivity index (χ2n) is 4.26. The van der Waals surface area contributed by atoms with Crippen LogP contribution in [0.25, 0.3) is 0 Å². The van der Waals surface area contributed by atoms with E-state index in [4.69, 9.17) is 5.26 Å². The van der Waals surface area contributed by atoms with Crippen LogP contribution >= 0.6 is 0 Å². The highest BCUT2D eigenvalue weighted by molar-refractivity contribution is 7.93. The largest absolute Gasteiger partial charge is 0.259 e. The van der Waals surface area contributed by atoms with Gasteiger partial charge in [0.25, 0.3) is 0 Å². The molecule has 19 heavy (non-hydrogen) atoms. The van der Waals surface area contributed by atoms with Crippen molar-refractivity contribution in [3.63, 3.8) is 0 Å². The van der Waals surface area contributed by atoms with E-state index in [9.17, 15) is 12.6 Å². The van der Waals surface area contributed by atoms with E-state index in [1.54, 1.807) is 6.07 Å². The summed E-state index contributed by atoms with van der Waals surface area (Å²) in [4.78, 5) is 0.118. The second-order valence-corrected chi connectivity index (χ2v) is 8.35. The van der Waals surface area contributed by atoms with Gasteiger partial charge in [-0.1, -0.05) is 19.9 Å². The third-order valence-electron chi connectivity index (χ3n) is 2.90. The molecule has 4 nitrogen and oxygen atoms in total. The van der Waals surface area contributed by atoms with Crippen LogP contribution in [0.15, 0.2) is 29.2 Å². The molecule has 1 rings (SSSR count). The van der Waals surface area contributed by atoms with Gasteiger partial charge < -0.3 is 0 Å². The van der Waals surface area contributed by atoms with Crippen molar-refractivity contribution >= 4 is 20.6 Å². The molecule has 0 fully saturated rings. The van der Waals surface area contributed by atoms with Crippen molar-refractivity contribution < 1.29 is 12.6 Å². The quantitative estimate of drug-likeness (QED) is 0.803. The van der Waals surface area contributed by atoms with Crippen molar-refractivity contribution in [1.82, 2.24) is 0 Å². The molecule has 0 heterocycles. The predicted molar refractivity (Wildman–Crippen MR) is 76.0 cm³/mol. The molecule has 0 aliphatic heterocycles. The zero-order valence-electron chi connectivity index (χ0n) is 11.0. The Kier molecular flexibility index (Phi) is 5.70. The molecule has 0 bridgehead atoms. The minimum Gasteiger partial charge on any atom is -0.259 e. The van der Waals surface area contributed by atoms with E-state index >= 15 is 0 Å². The van der Waals surface area contributed by atoms with Crippen molar-refractivity contribution in [2.75, 3.05) is 11.5 Å². The first-order valence-corrected chi connectivity index (χ1v) is 9.04. The van der Waals surface area contributed by atoms with Crippen molar-refractivity contribution in [2.24, 2.45) is 0 Å². The van der Waals surface area contributed by atoms with E-state index in [2.05, 4.69) is 0 Å². The Hall–Kier alpha value is -1.19. The van der Waals surface area contributed by atoms with E-state index in [0.717, 1.165) is 6.42 Å². The van der Waals surface area contributed by atoms with Crippen LogP contribution in [0.2, 0.25) is 0 Å². The summed E-state index contributed by atoms with van der Waals surface area (Å²) in [6, 6.07) is 7.81. The van der Waals surface area contributed by atoms with Crippen LogP contribution in [0.3, 0.4) is 0 Å². The lowest BCUT2D eigenvalue weighted by Gasteiger charge is -2.09. The highest BCUT2D eigenvalue weighted by Crippen LogP contribution is 2.14. The zero-order valence-corrected chi connectivity index (χ0v) is 12.6. The van der Waals surface area contributed by atoms with E-state index in [0.29, 0.717) is 5.56 Å². The first-order valence-electron chi connectivity index (χ1n) is 6.00. The number of benzene rings is 1. The molecule has 0 saturated heterocycles. The van der Waals surface area contributed by atoms with E-state index in [1.165, 1.54) is 18.2 Å². The van der Waals surface area contributed by atoms with Gasteiger partial charge in [-0.05, 0) is 24.6 Å². The molecule has 1 aromatic rings. The Bertz CT molecular complexity index is 603. The first kappa shape index (κ1) is 15.9. The Balaban J connectivity index is 2.82. The van der Waals surface area contributed by atoms with Gasteiger partial charge in [0.05, 0.1) is 22.3 Å². The van der Waals surface area contributed by atoms with Gasteiger partial charge in [-0.25, -0.2) is 8.42 Å². The molecule has 2 unspecified atom stereocenters. The zero-order chi connectivity index (χ0) is 14.5. The maximum Gasteiger partial charge on any atom is 0.179 e. The van der Waals surface area contributed by atoms with Gasteiger partial charge in [0.1, 0.15) is 0 Å². The molecule has 2 atom stereocenters. The average Bonchev–Trinajstić information content (AvgIpc) is 2.43. The lowest BCUT2D eigenvalue weighted by Crippen LogP contribution is -2.19. The molecule has 1 aromatic carbocycles. The Morgan fingerprint density at radius 2 is 2.11 bits per heavy atom. The van der Waals surface area contributed by atoms with Crippen molar-refractivity contribution in [3.05, 3.63) is 29.8 Å². The summed E-state index contributed by atoms with van der Waals surface area (Å²) >= 11 is 0. The number of hydrogen-bond acceptors (Lipinski definition) is 4. The van der Waals surface area contributed by atoms with E-state index in [-0.39, 0.29) is 21.7 Å². The van der Waals surface area contributed by atoms with Gasteiger partial charge in [0.2, 0.25) is 0 Å². The Morgan fingerprint density at radius 3 is 2.68 bits per heavy atom. The van der Waals surface area contributed by atoms with Gasteiger partial charge in [-0.15, -0.1) is 0 Å². The summed E-state index contributed by atoms with van der Waals surface area (Å²) in [5.74, 6) is -0.0209. The summed E-state index contributed by atoms with van der Waals surface area (Å²) in [6.45, 7) is 3.77. The van der Waals surface area contributed by atoms with Crippen LogP contribution in [-0.4, -0.2) is 29.4 Å². The van der Waals surface area contributed by atoms with Crippen LogP contribution < -0.4 is 0 Å². The van der Waals surface area contributed by atoms with Crippen LogP contribution in [0.1, 0.15) is 25.8 Å². The number of rotatable bonds is 6. The predicted octanol–water partition coefficient (Wildman–Crippen LogP) is 1.88. The Morgan fingerprint density at radius 1 is 1.42 bits per heavy atom. The van der Waals surface area contributed by atoms with Gasteiger partial charge >= 0.3 is 0 Å². The van der Waals surface area contributed by atoms with Crippen LogP contribution in [-0.2, 0) is 20.6 Å². The second kappa shape index (κ2) is 6.83.